The van der Waals surface area contributed by atoms with Gasteiger partial charge in [0.1, 0.15) is 5.52 Å². The summed E-state index contributed by atoms with van der Waals surface area (Å²) < 4.78 is 0. The molecule has 4 nitrogen and oxygen atoms in total. The van der Waals surface area contributed by atoms with Crippen LogP contribution in [0.1, 0.15) is 31.9 Å². The Hall–Kier alpha value is -1.55. The highest BCUT2D eigenvalue weighted by molar-refractivity contribution is 5.68. The highest BCUT2D eigenvalue weighted by Gasteiger charge is 2.17. The molecule has 0 radical (unpaired) electrons. The third kappa shape index (κ3) is 2.42. The highest BCUT2D eigenvalue weighted by Crippen LogP contribution is 2.20. The van der Waals surface area contributed by atoms with E-state index in [0.29, 0.717) is 12.0 Å². The van der Waals surface area contributed by atoms with Gasteiger partial charge in [-0.3, -0.25) is 4.98 Å². The Labute approximate surface area is 102 Å². The average molecular weight is 230 g/mol. The van der Waals surface area contributed by atoms with Crippen molar-refractivity contribution in [3.05, 3.63) is 30.2 Å². The molecule has 2 heterocycles. The molecule has 0 aromatic carbocycles. The van der Waals surface area contributed by atoms with Crippen molar-refractivity contribution in [3.63, 3.8) is 0 Å². The first kappa shape index (κ1) is 11.9. The number of nitrogens with zero attached hydrogens (tertiary/aromatic N) is 3. The van der Waals surface area contributed by atoms with E-state index in [2.05, 4.69) is 34.1 Å². The summed E-state index contributed by atoms with van der Waals surface area (Å²) in [4.78, 5) is 13.0. The van der Waals surface area contributed by atoms with Crippen molar-refractivity contribution in [2.45, 2.75) is 32.2 Å². The van der Waals surface area contributed by atoms with Crippen molar-refractivity contribution in [1.82, 2.24) is 20.3 Å². The molecule has 0 fully saturated rings. The fraction of sp³-hybridized carbons (Fsp3) is 0.462. The molecule has 0 bridgehead atoms. The fourth-order valence-corrected chi connectivity index (χ4v) is 2.14. The Morgan fingerprint density at radius 1 is 1.24 bits per heavy atom. The lowest BCUT2D eigenvalue weighted by Crippen LogP contribution is -2.30. The van der Waals surface area contributed by atoms with E-state index in [1.807, 2.05) is 19.2 Å². The number of aromatic nitrogens is 3. The SMILES string of the molecule is CCC(NC)C(C)c1ccc2nccnc2n1. The molecule has 0 saturated heterocycles. The fourth-order valence-electron chi connectivity index (χ4n) is 2.14. The second kappa shape index (κ2) is 5.19. The van der Waals surface area contributed by atoms with Gasteiger partial charge in [0.05, 0.1) is 0 Å². The van der Waals surface area contributed by atoms with E-state index in [4.69, 9.17) is 0 Å². The van der Waals surface area contributed by atoms with Crippen LogP contribution in [0.25, 0.3) is 11.2 Å². The molecule has 2 aromatic heterocycles. The molecule has 0 amide bonds. The van der Waals surface area contributed by atoms with Gasteiger partial charge < -0.3 is 5.32 Å². The summed E-state index contributed by atoms with van der Waals surface area (Å²) in [5.41, 5.74) is 2.64. The smallest absolute Gasteiger partial charge is 0.178 e. The van der Waals surface area contributed by atoms with Crippen LogP contribution < -0.4 is 5.32 Å². The molecule has 0 spiro atoms. The molecule has 1 N–H and O–H groups in total. The monoisotopic (exact) mass is 230 g/mol. The first-order valence-corrected chi connectivity index (χ1v) is 6.01. The molecule has 2 aromatic rings. The normalized spacial score (nSPS) is 14.8. The Morgan fingerprint density at radius 3 is 2.71 bits per heavy atom. The summed E-state index contributed by atoms with van der Waals surface area (Å²) in [5.74, 6) is 0.372. The standard InChI is InChI=1S/C13H18N4/c1-4-10(14-3)9(2)11-5-6-12-13(17-11)16-8-7-15-12/h5-10,14H,4H2,1-3H3. The van der Waals surface area contributed by atoms with E-state index in [0.717, 1.165) is 23.3 Å². The Morgan fingerprint density at radius 2 is 2.00 bits per heavy atom. The molecule has 90 valence electrons. The van der Waals surface area contributed by atoms with E-state index in [-0.39, 0.29) is 0 Å². The predicted molar refractivity (Wildman–Crippen MR) is 68.9 cm³/mol. The number of rotatable bonds is 4. The molecule has 0 aliphatic rings. The minimum absolute atomic E-state index is 0.372. The Balaban J connectivity index is 2.35. The maximum atomic E-state index is 4.58. The number of hydrogen-bond acceptors (Lipinski definition) is 4. The summed E-state index contributed by atoms with van der Waals surface area (Å²) in [6, 6.07) is 4.47. The summed E-state index contributed by atoms with van der Waals surface area (Å²) in [6.07, 6.45) is 4.45. The molecule has 0 aliphatic heterocycles. The molecule has 2 atom stereocenters. The zero-order valence-corrected chi connectivity index (χ0v) is 10.5. The van der Waals surface area contributed by atoms with Crippen molar-refractivity contribution in [1.29, 1.82) is 0 Å². The minimum Gasteiger partial charge on any atom is -0.316 e. The van der Waals surface area contributed by atoms with Crippen LogP contribution in [0.4, 0.5) is 0 Å². The van der Waals surface area contributed by atoms with Crippen LogP contribution in [-0.4, -0.2) is 28.0 Å². The predicted octanol–water partition coefficient (Wildman–Crippen LogP) is 2.13. The number of fused-ring (bicyclic) bond motifs is 1. The number of hydrogen-bond donors (Lipinski definition) is 1. The molecular weight excluding hydrogens is 212 g/mol. The molecule has 2 unspecified atom stereocenters. The van der Waals surface area contributed by atoms with Crippen molar-refractivity contribution in [3.8, 4) is 0 Å². The van der Waals surface area contributed by atoms with Crippen molar-refractivity contribution < 1.29 is 0 Å². The molecular formula is C13H18N4. The third-order valence-electron chi connectivity index (χ3n) is 3.23. The van der Waals surface area contributed by atoms with E-state index in [1.165, 1.54) is 0 Å². The van der Waals surface area contributed by atoms with E-state index in [1.54, 1.807) is 12.4 Å². The van der Waals surface area contributed by atoms with Gasteiger partial charge in [-0.05, 0) is 25.6 Å². The quantitative estimate of drug-likeness (QED) is 0.874. The van der Waals surface area contributed by atoms with Crippen LogP contribution in [0.2, 0.25) is 0 Å². The van der Waals surface area contributed by atoms with Crippen LogP contribution >= 0.6 is 0 Å². The summed E-state index contributed by atoms with van der Waals surface area (Å²) in [6.45, 7) is 4.37. The molecule has 0 saturated carbocycles. The van der Waals surface area contributed by atoms with E-state index < -0.39 is 0 Å². The van der Waals surface area contributed by atoms with Gasteiger partial charge in [0, 0.05) is 30.0 Å². The minimum atomic E-state index is 0.372. The van der Waals surface area contributed by atoms with Gasteiger partial charge in [-0.25, -0.2) is 9.97 Å². The van der Waals surface area contributed by atoms with E-state index >= 15 is 0 Å². The zero-order valence-electron chi connectivity index (χ0n) is 10.5. The van der Waals surface area contributed by atoms with Crippen LogP contribution in [0.15, 0.2) is 24.5 Å². The van der Waals surface area contributed by atoms with Gasteiger partial charge >= 0.3 is 0 Å². The Bertz CT molecular complexity index is 493. The molecule has 17 heavy (non-hydrogen) atoms. The van der Waals surface area contributed by atoms with Crippen LogP contribution in [0.5, 0.6) is 0 Å². The third-order valence-corrected chi connectivity index (χ3v) is 3.23. The lowest BCUT2D eigenvalue weighted by Gasteiger charge is -2.21. The van der Waals surface area contributed by atoms with Crippen molar-refractivity contribution in [2.75, 3.05) is 7.05 Å². The van der Waals surface area contributed by atoms with Crippen LogP contribution in [-0.2, 0) is 0 Å². The highest BCUT2D eigenvalue weighted by atomic mass is 14.9. The second-order valence-corrected chi connectivity index (χ2v) is 4.23. The van der Waals surface area contributed by atoms with Crippen LogP contribution in [0.3, 0.4) is 0 Å². The van der Waals surface area contributed by atoms with Gasteiger partial charge in [-0.2, -0.15) is 0 Å². The molecule has 2 rings (SSSR count). The molecule has 0 aliphatic carbocycles. The molecule has 4 heteroatoms. The van der Waals surface area contributed by atoms with Gasteiger partial charge in [0.2, 0.25) is 0 Å². The average Bonchev–Trinajstić information content (AvgIpc) is 2.39. The van der Waals surface area contributed by atoms with Crippen LogP contribution in [0, 0.1) is 0 Å². The van der Waals surface area contributed by atoms with Crippen molar-refractivity contribution in [2.24, 2.45) is 0 Å². The number of likely N-dealkylation sites (N-methyl/N-ethyl adjacent to an activating group) is 1. The number of pyridine rings is 1. The topological polar surface area (TPSA) is 50.7 Å². The lowest BCUT2D eigenvalue weighted by atomic mass is 9.96. The van der Waals surface area contributed by atoms with Crippen molar-refractivity contribution >= 4 is 11.2 Å². The maximum absolute atomic E-state index is 4.58. The number of nitrogens with one attached hydrogen (secondary N) is 1. The summed E-state index contributed by atoms with van der Waals surface area (Å²) >= 11 is 0. The zero-order chi connectivity index (χ0) is 12.3. The largest absolute Gasteiger partial charge is 0.316 e. The van der Waals surface area contributed by atoms with E-state index in [9.17, 15) is 0 Å². The van der Waals surface area contributed by atoms with Gasteiger partial charge in [-0.1, -0.05) is 13.8 Å². The summed E-state index contributed by atoms with van der Waals surface area (Å²) in [5, 5.41) is 3.32. The maximum Gasteiger partial charge on any atom is 0.178 e. The first-order valence-electron chi connectivity index (χ1n) is 6.01. The van der Waals surface area contributed by atoms with Gasteiger partial charge in [-0.15, -0.1) is 0 Å². The van der Waals surface area contributed by atoms with Gasteiger partial charge in [0.15, 0.2) is 5.65 Å². The Kier molecular flexibility index (Phi) is 3.64. The first-order chi connectivity index (χ1) is 8.26. The lowest BCUT2D eigenvalue weighted by molar-refractivity contribution is 0.466. The summed E-state index contributed by atoms with van der Waals surface area (Å²) in [7, 11) is 1.99. The van der Waals surface area contributed by atoms with Gasteiger partial charge in [0.25, 0.3) is 0 Å². The second-order valence-electron chi connectivity index (χ2n) is 4.23.